The predicted molar refractivity (Wildman–Crippen MR) is 110 cm³/mol. The quantitative estimate of drug-likeness (QED) is 0.835. The van der Waals surface area contributed by atoms with E-state index in [1.807, 2.05) is 17.9 Å². The van der Waals surface area contributed by atoms with Crippen molar-refractivity contribution in [3.63, 3.8) is 0 Å². The number of carbonyl (C=O) groups is 2. The molecule has 6 heteroatoms. The van der Waals surface area contributed by atoms with Crippen molar-refractivity contribution in [2.24, 2.45) is 0 Å². The first-order chi connectivity index (χ1) is 13.6. The van der Waals surface area contributed by atoms with Crippen molar-refractivity contribution in [2.45, 2.75) is 13.3 Å². The van der Waals surface area contributed by atoms with Crippen LogP contribution in [0.3, 0.4) is 0 Å². The van der Waals surface area contributed by atoms with Gasteiger partial charge in [0, 0.05) is 43.0 Å². The highest BCUT2D eigenvalue weighted by atomic mass is 16.5. The minimum atomic E-state index is -0.230. The monoisotopic (exact) mass is 381 g/mol. The second kappa shape index (κ2) is 9.37. The Labute approximate surface area is 166 Å². The molecule has 0 aliphatic carbocycles. The molecule has 148 valence electrons. The van der Waals surface area contributed by atoms with Crippen LogP contribution >= 0.6 is 0 Å². The molecule has 1 aliphatic heterocycles. The van der Waals surface area contributed by atoms with Crippen molar-refractivity contribution in [2.75, 3.05) is 45.2 Å². The first-order valence-corrected chi connectivity index (χ1v) is 9.69. The van der Waals surface area contributed by atoms with Gasteiger partial charge in [-0.1, -0.05) is 19.1 Å². The Morgan fingerprint density at radius 1 is 1.00 bits per heavy atom. The summed E-state index contributed by atoms with van der Waals surface area (Å²) in [5.74, 6) is 0.443. The van der Waals surface area contributed by atoms with Crippen LogP contribution in [0.25, 0.3) is 0 Å². The van der Waals surface area contributed by atoms with Crippen molar-refractivity contribution in [1.82, 2.24) is 9.80 Å². The number of hydrogen-bond acceptors (Lipinski definition) is 4. The average Bonchev–Trinajstić information content (AvgIpc) is 2.72. The van der Waals surface area contributed by atoms with Crippen LogP contribution in [-0.4, -0.2) is 61.4 Å². The Bertz CT molecular complexity index is 829. The van der Waals surface area contributed by atoms with E-state index in [4.69, 9.17) is 4.74 Å². The van der Waals surface area contributed by atoms with Gasteiger partial charge < -0.3 is 19.9 Å². The maximum absolute atomic E-state index is 12.7. The molecule has 1 N–H and O–H groups in total. The molecule has 0 atom stereocenters. The number of rotatable bonds is 6. The molecule has 3 rings (SSSR count). The summed E-state index contributed by atoms with van der Waals surface area (Å²) in [5.41, 5.74) is 1.71. The van der Waals surface area contributed by atoms with Crippen LogP contribution < -0.4 is 10.1 Å². The number of ether oxygens (including phenoxy) is 1. The van der Waals surface area contributed by atoms with Crippen LogP contribution in [0.5, 0.6) is 5.75 Å². The highest BCUT2D eigenvalue weighted by Gasteiger charge is 2.20. The number of likely N-dealkylation sites (N-methyl/N-ethyl adjacent to an activating group) is 1. The summed E-state index contributed by atoms with van der Waals surface area (Å²) in [6.07, 6.45) is 0.907. The number of piperazine rings is 1. The molecule has 2 aromatic carbocycles. The molecule has 0 spiro atoms. The maximum atomic E-state index is 12.7. The van der Waals surface area contributed by atoms with Gasteiger partial charge >= 0.3 is 0 Å². The number of hydrogen-bond donors (Lipinski definition) is 1. The van der Waals surface area contributed by atoms with Gasteiger partial charge in [0.25, 0.3) is 11.8 Å². The largest absolute Gasteiger partial charge is 0.494 e. The standard InChI is InChI=1S/C22H27N3O3/c1-3-14-28-20-9-5-6-17(16-20)21(26)23-19-8-4-7-18(15-19)22(27)25-12-10-24(2)11-13-25/h4-9,15-16H,3,10-14H2,1-2H3,(H,23,26). The third-order valence-corrected chi connectivity index (χ3v) is 4.73. The van der Waals surface area contributed by atoms with Gasteiger partial charge in [0.15, 0.2) is 0 Å². The molecule has 2 amide bonds. The van der Waals surface area contributed by atoms with Gasteiger partial charge in [-0.05, 0) is 49.9 Å². The Morgan fingerprint density at radius 3 is 2.46 bits per heavy atom. The van der Waals surface area contributed by atoms with Gasteiger partial charge in [0.2, 0.25) is 0 Å². The van der Waals surface area contributed by atoms with Crippen LogP contribution in [0.15, 0.2) is 48.5 Å². The smallest absolute Gasteiger partial charge is 0.255 e. The second-order valence-corrected chi connectivity index (χ2v) is 7.01. The molecule has 6 nitrogen and oxygen atoms in total. The minimum Gasteiger partial charge on any atom is -0.494 e. The molecule has 1 heterocycles. The summed E-state index contributed by atoms with van der Waals surface area (Å²) in [5, 5.41) is 2.87. The normalized spacial score (nSPS) is 14.6. The molecular formula is C22H27N3O3. The predicted octanol–water partition coefficient (Wildman–Crippen LogP) is 3.12. The Balaban J connectivity index is 1.67. The van der Waals surface area contributed by atoms with Gasteiger partial charge in [-0.3, -0.25) is 9.59 Å². The number of anilines is 1. The van der Waals surface area contributed by atoms with Crippen molar-refractivity contribution in [3.05, 3.63) is 59.7 Å². The second-order valence-electron chi connectivity index (χ2n) is 7.01. The SMILES string of the molecule is CCCOc1cccc(C(=O)Nc2cccc(C(=O)N3CCN(C)CC3)c2)c1. The summed E-state index contributed by atoms with van der Waals surface area (Å²) in [7, 11) is 2.06. The van der Waals surface area contributed by atoms with Gasteiger partial charge in [-0.15, -0.1) is 0 Å². The van der Waals surface area contributed by atoms with Gasteiger partial charge in [0.1, 0.15) is 5.75 Å². The van der Waals surface area contributed by atoms with Crippen LogP contribution in [-0.2, 0) is 0 Å². The zero-order chi connectivity index (χ0) is 19.9. The van der Waals surface area contributed by atoms with Gasteiger partial charge in [-0.2, -0.15) is 0 Å². The summed E-state index contributed by atoms with van der Waals surface area (Å²) in [4.78, 5) is 29.4. The first kappa shape index (κ1) is 19.9. The lowest BCUT2D eigenvalue weighted by Gasteiger charge is -2.32. The van der Waals surface area contributed by atoms with E-state index in [0.717, 1.165) is 32.6 Å². The lowest BCUT2D eigenvalue weighted by molar-refractivity contribution is 0.0664. The summed E-state index contributed by atoms with van der Waals surface area (Å²) in [6.45, 7) is 5.83. The van der Waals surface area contributed by atoms with E-state index in [1.165, 1.54) is 0 Å². The van der Waals surface area contributed by atoms with E-state index < -0.39 is 0 Å². The number of benzene rings is 2. The molecule has 0 bridgehead atoms. The average molecular weight is 381 g/mol. The number of carbonyl (C=O) groups excluding carboxylic acids is 2. The van der Waals surface area contributed by atoms with Crippen molar-refractivity contribution >= 4 is 17.5 Å². The molecule has 0 radical (unpaired) electrons. The fraction of sp³-hybridized carbons (Fsp3) is 0.364. The topological polar surface area (TPSA) is 61.9 Å². The zero-order valence-electron chi connectivity index (χ0n) is 16.5. The van der Waals surface area contributed by atoms with E-state index in [9.17, 15) is 9.59 Å². The molecule has 0 unspecified atom stereocenters. The molecule has 0 saturated carbocycles. The van der Waals surface area contributed by atoms with Crippen LogP contribution in [0.2, 0.25) is 0 Å². The first-order valence-electron chi connectivity index (χ1n) is 9.69. The minimum absolute atomic E-state index is 0.000776. The van der Waals surface area contributed by atoms with E-state index in [2.05, 4.69) is 17.3 Å². The fourth-order valence-corrected chi connectivity index (χ4v) is 3.07. The van der Waals surface area contributed by atoms with Crippen LogP contribution in [0.4, 0.5) is 5.69 Å². The number of nitrogens with one attached hydrogen (secondary N) is 1. The highest BCUT2D eigenvalue weighted by molar-refractivity contribution is 6.05. The zero-order valence-corrected chi connectivity index (χ0v) is 16.5. The lowest BCUT2D eigenvalue weighted by atomic mass is 10.1. The molecule has 0 aromatic heterocycles. The molecule has 1 fully saturated rings. The molecular weight excluding hydrogens is 354 g/mol. The summed E-state index contributed by atoms with van der Waals surface area (Å²) < 4.78 is 5.59. The van der Waals surface area contributed by atoms with Crippen molar-refractivity contribution in [3.8, 4) is 5.75 Å². The van der Waals surface area contributed by atoms with Gasteiger partial charge in [0.05, 0.1) is 6.61 Å². The molecule has 28 heavy (non-hydrogen) atoms. The van der Waals surface area contributed by atoms with E-state index >= 15 is 0 Å². The fourth-order valence-electron chi connectivity index (χ4n) is 3.07. The summed E-state index contributed by atoms with van der Waals surface area (Å²) >= 11 is 0. The van der Waals surface area contributed by atoms with Crippen LogP contribution in [0.1, 0.15) is 34.1 Å². The van der Waals surface area contributed by atoms with E-state index in [-0.39, 0.29) is 11.8 Å². The van der Waals surface area contributed by atoms with Crippen molar-refractivity contribution < 1.29 is 14.3 Å². The third kappa shape index (κ3) is 5.10. The highest BCUT2D eigenvalue weighted by Crippen LogP contribution is 2.18. The Morgan fingerprint density at radius 2 is 1.71 bits per heavy atom. The Kier molecular flexibility index (Phi) is 6.66. The number of amides is 2. The maximum Gasteiger partial charge on any atom is 0.255 e. The molecule has 1 saturated heterocycles. The number of nitrogens with zero attached hydrogens (tertiary/aromatic N) is 2. The lowest BCUT2D eigenvalue weighted by Crippen LogP contribution is -2.47. The molecule has 1 aliphatic rings. The van der Waals surface area contributed by atoms with E-state index in [1.54, 1.807) is 42.5 Å². The van der Waals surface area contributed by atoms with Crippen molar-refractivity contribution in [1.29, 1.82) is 0 Å². The Hall–Kier alpha value is -2.86. The molecule has 2 aromatic rings. The van der Waals surface area contributed by atoms with Crippen LogP contribution in [0, 0.1) is 0 Å². The van der Waals surface area contributed by atoms with E-state index in [0.29, 0.717) is 29.2 Å². The summed E-state index contributed by atoms with van der Waals surface area (Å²) in [6, 6.07) is 14.2. The van der Waals surface area contributed by atoms with Gasteiger partial charge in [-0.25, -0.2) is 0 Å². The third-order valence-electron chi connectivity index (χ3n) is 4.73.